The number of anilines is 2. The average Bonchev–Trinajstić information content (AvgIpc) is 3.13. The van der Waals surface area contributed by atoms with Crippen molar-refractivity contribution in [3.63, 3.8) is 0 Å². The van der Waals surface area contributed by atoms with E-state index in [2.05, 4.69) is 9.69 Å². The molecule has 1 atom stereocenters. The largest absolute Gasteiger partial charge is 0.395 e. The third kappa shape index (κ3) is 5.40. The maximum atomic E-state index is 13.8. The van der Waals surface area contributed by atoms with E-state index in [1.54, 1.807) is 12.1 Å². The Hall–Kier alpha value is -3.79. The second kappa shape index (κ2) is 9.60. The van der Waals surface area contributed by atoms with Crippen molar-refractivity contribution in [2.24, 2.45) is 5.73 Å². The number of hydrogen-bond donors (Lipinski definition) is 3. The number of nitrogen functional groups attached to an aromatic ring is 1. The molecular formula is C24H26FN5O3S. The molecule has 0 aliphatic heterocycles. The fourth-order valence-electron chi connectivity index (χ4n) is 3.33. The summed E-state index contributed by atoms with van der Waals surface area (Å²) in [5, 5.41) is 2.91. The highest BCUT2D eigenvalue weighted by molar-refractivity contribution is 7.09. The van der Waals surface area contributed by atoms with Gasteiger partial charge in [0.05, 0.1) is 5.69 Å². The highest BCUT2D eigenvalue weighted by Gasteiger charge is 2.37. The highest BCUT2D eigenvalue weighted by atomic mass is 32.1. The van der Waals surface area contributed by atoms with E-state index in [1.807, 2.05) is 39.8 Å². The summed E-state index contributed by atoms with van der Waals surface area (Å²) in [5.41, 5.74) is 12.1. The van der Waals surface area contributed by atoms with E-state index < -0.39 is 35.1 Å². The SMILES string of the molecule is Cc1ccc(C(C(=O)NC(C)(C)C)N(C(=O)c2snc(C(N)=O)c2N)c2ccc(F)cc2)cc1. The first-order chi connectivity index (χ1) is 15.9. The lowest BCUT2D eigenvalue weighted by Gasteiger charge is -2.33. The second-order valence-electron chi connectivity index (χ2n) is 8.84. The molecule has 1 unspecified atom stereocenters. The summed E-state index contributed by atoms with van der Waals surface area (Å²) in [5.74, 6) is -2.51. The van der Waals surface area contributed by atoms with Crippen LogP contribution >= 0.6 is 11.5 Å². The van der Waals surface area contributed by atoms with Gasteiger partial charge in [-0.05, 0) is 69.1 Å². The average molecular weight is 484 g/mol. The topological polar surface area (TPSA) is 131 Å². The zero-order valence-electron chi connectivity index (χ0n) is 19.3. The van der Waals surface area contributed by atoms with Gasteiger partial charge in [0.2, 0.25) is 5.91 Å². The molecule has 5 N–H and O–H groups in total. The molecule has 0 saturated heterocycles. The van der Waals surface area contributed by atoms with Crippen LogP contribution in [-0.2, 0) is 4.79 Å². The van der Waals surface area contributed by atoms with Crippen LogP contribution in [0.2, 0.25) is 0 Å². The van der Waals surface area contributed by atoms with Gasteiger partial charge in [0.1, 0.15) is 16.7 Å². The van der Waals surface area contributed by atoms with E-state index in [1.165, 1.54) is 29.2 Å². The molecule has 0 aliphatic rings. The van der Waals surface area contributed by atoms with Gasteiger partial charge in [-0.3, -0.25) is 19.3 Å². The van der Waals surface area contributed by atoms with Crippen molar-refractivity contribution in [2.75, 3.05) is 10.6 Å². The van der Waals surface area contributed by atoms with Crippen LogP contribution in [0.1, 0.15) is 58.1 Å². The summed E-state index contributed by atoms with van der Waals surface area (Å²) in [6, 6.07) is 11.2. The molecule has 1 heterocycles. The minimum absolute atomic E-state index is 0.0567. The molecule has 178 valence electrons. The number of nitrogens with two attached hydrogens (primary N) is 2. The number of rotatable bonds is 6. The number of carbonyl (C=O) groups is 3. The van der Waals surface area contributed by atoms with E-state index in [9.17, 15) is 18.8 Å². The van der Waals surface area contributed by atoms with Crippen molar-refractivity contribution >= 4 is 40.6 Å². The molecule has 0 radical (unpaired) electrons. The number of halogens is 1. The summed E-state index contributed by atoms with van der Waals surface area (Å²) in [6.07, 6.45) is 0. The van der Waals surface area contributed by atoms with E-state index in [4.69, 9.17) is 11.5 Å². The number of aryl methyl sites for hydroxylation is 1. The Morgan fingerprint density at radius 1 is 1.06 bits per heavy atom. The minimum atomic E-state index is -1.13. The fourth-order valence-corrected chi connectivity index (χ4v) is 4.07. The molecule has 3 amide bonds. The van der Waals surface area contributed by atoms with Crippen LogP contribution in [0.3, 0.4) is 0 Å². The van der Waals surface area contributed by atoms with Crippen LogP contribution in [-0.4, -0.2) is 27.6 Å². The number of nitrogens with one attached hydrogen (secondary N) is 1. The van der Waals surface area contributed by atoms with Crippen LogP contribution in [0.15, 0.2) is 48.5 Å². The van der Waals surface area contributed by atoms with Gasteiger partial charge >= 0.3 is 0 Å². The maximum Gasteiger partial charge on any atom is 0.273 e. The Morgan fingerprint density at radius 3 is 2.15 bits per heavy atom. The number of primary amides is 1. The molecule has 2 aromatic carbocycles. The summed E-state index contributed by atoms with van der Waals surface area (Å²) in [4.78, 5) is 40.2. The van der Waals surface area contributed by atoms with Gasteiger partial charge in [-0.25, -0.2) is 4.39 Å². The Balaban J connectivity index is 2.22. The molecule has 0 saturated carbocycles. The van der Waals surface area contributed by atoms with Crippen molar-refractivity contribution < 1.29 is 18.8 Å². The van der Waals surface area contributed by atoms with Gasteiger partial charge in [0, 0.05) is 11.2 Å². The molecule has 0 spiro atoms. The Morgan fingerprint density at radius 2 is 1.65 bits per heavy atom. The first-order valence-electron chi connectivity index (χ1n) is 10.4. The second-order valence-corrected chi connectivity index (χ2v) is 9.62. The van der Waals surface area contributed by atoms with Crippen LogP contribution in [0.25, 0.3) is 0 Å². The first kappa shape index (κ1) is 24.8. The lowest BCUT2D eigenvalue weighted by Crippen LogP contribution is -2.49. The van der Waals surface area contributed by atoms with Crippen molar-refractivity contribution in [3.05, 3.63) is 76.0 Å². The number of carbonyl (C=O) groups excluding carboxylic acids is 3. The van der Waals surface area contributed by atoms with Crippen molar-refractivity contribution in [3.8, 4) is 0 Å². The number of hydrogen-bond acceptors (Lipinski definition) is 6. The number of aromatic nitrogens is 1. The quantitative estimate of drug-likeness (QED) is 0.493. The minimum Gasteiger partial charge on any atom is -0.395 e. The maximum absolute atomic E-state index is 13.8. The molecule has 34 heavy (non-hydrogen) atoms. The first-order valence-corrected chi connectivity index (χ1v) is 11.2. The number of nitrogens with zero attached hydrogens (tertiary/aromatic N) is 2. The van der Waals surface area contributed by atoms with Crippen molar-refractivity contribution in [2.45, 2.75) is 39.3 Å². The Labute approximate surface area is 200 Å². The molecule has 0 fully saturated rings. The summed E-state index contributed by atoms with van der Waals surface area (Å²) >= 11 is 0.706. The van der Waals surface area contributed by atoms with E-state index in [0.717, 1.165) is 5.56 Å². The molecule has 3 rings (SSSR count). The molecule has 0 bridgehead atoms. The van der Waals surface area contributed by atoms with Crippen LogP contribution in [0.5, 0.6) is 0 Å². The van der Waals surface area contributed by atoms with Gasteiger partial charge < -0.3 is 16.8 Å². The highest BCUT2D eigenvalue weighted by Crippen LogP contribution is 2.33. The van der Waals surface area contributed by atoms with E-state index in [0.29, 0.717) is 17.1 Å². The third-order valence-corrected chi connectivity index (χ3v) is 5.73. The smallest absolute Gasteiger partial charge is 0.273 e. The zero-order chi connectivity index (χ0) is 25.2. The van der Waals surface area contributed by atoms with Gasteiger partial charge in [0.15, 0.2) is 5.69 Å². The van der Waals surface area contributed by atoms with Crippen LogP contribution in [0.4, 0.5) is 15.8 Å². The summed E-state index contributed by atoms with van der Waals surface area (Å²) in [7, 11) is 0. The number of benzene rings is 2. The lowest BCUT2D eigenvalue weighted by atomic mass is 9.99. The molecule has 10 heteroatoms. The summed E-state index contributed by atoms with van der Waals surface area (Å²) < 4.78 is 17.6. The van der Waals surface area contributed by atoms with Gasteiger partial charge in [-0.2, -0.15) is 4.37 Å². The molecular weight excluding hydrogens is 457 g/mol. The predicted molar refractivity (Wildman–Crippen MR) is 130 cm³/mol. The Bertz CT molecular complexity index is 1220. The van der Waals surface area contributed by atoms with Crippen LogP contribution in [0, 0.1) is 12.7 Å². The normalized spacial score (nSPS) is 12.1. The van der Waals surface area contributed by atoms with Gasteiger partial charge in [-0.1, -0.05) is 29.8 Å². The zero-order valence-corrected chi connectivity index (χ0v) is 20.1. The van der Waals surface area contributed by atoms with Crippen molar-refractivity contribution in [1.29, 1.82) is 0 Å². The lowest BCUT2D eigenvalue weighted by molar-refractivity contribution is -0.123. The molecule has 0 aliphatic carbocycles. The summed E-state index contributed by atoms with van der Waals surface area (Å²) in [6.45, 7) is 7.37. The Kier molecular flexibility index (Phi) is 7.01. The third-order valence-electron chi connectivity index (χ3n) is 4.88. The molecule has 1 aromatic heterocycles. The number of amides is 3. The molecule has 3 aromatic rings. The molecule has 8 nitrogen and oxygen atoms in total. The monoisotopic (exact) mass is 483 g/mol. The van der Waals surface area contributed by atoms with Gasteiger partial charge in [-0.15, -0.1) is 0 Å². The standard InChI is InChI=1S/C24H26FN5O3S/c1-13-5-7-14(8-6-13)19(22(32)28-24(2,3)4)30(16-11-9-15(25)10-12-16)23(33)20-17(26)18(21(27)31)29-34-20/h5-12,19H,26H2,1-4H3,(H2,27,31)(H,28,32). The van der Waals surface area contributed by atoms with E-state index in [-0.39, 0.29) is 21.9 Å². The van der Waals surface area contributed by atoms with Crippen LogP contribution < -0.4 is 21.7 Å². The predicted octanol–water partition coefficient (Wildman–Crippen LogP) is 3.57. The van der Waals surface area contributed by atoms with E-state index >= 15 is 0 Å². The van der Waals surface area contributed by atoms with Gasteiger partial charge in [0.25, 0.3) is 11.8 Å². The fraction of sp³-hybridized carbons (Fsp3) is 0.250. The van der Waals surface area contributed by atoms with Crippen molar-refractivity contribution in [1.82, 2.24) is 9.69 Å².